The van der Waals surface area contributed by atoms with E-state index in [2.05, 4.69) is 184 Å². The number of quaternary nitrogens is 1. The molecular weight excluding hydrogens is 1100 g/mol. The van der Waals surface area contributed by atoms with Crippen molar-refractivity contribution in [3.8, 4) is 0 Å². The van der Waals surface area contributed by atoms with Crippen molar-refractivity contribution < 1.29 is 42.9 Å². The summed E-state index contributed by atoms with van der Waals surface area (Å²) < 4.78 is 22.7. The Balaban J connectivity index is 4.27. The molecule has 0 aliphatic carbocycles. The number of hydrogen-bond acceptors (Lipinski definition) is 8. The summed E-state index contributed by atoms with van der Waals surface area (Å²) in [7, 11) is 5.90. The summed E-state index contributed by atoms with van der Waals surface area (Å²) in [5.41, 5.74) is 0. The largest absolute Gasteiger partial charge is 0.545 e. The molecule has 502 valence electrons. The topological polar surface area (TPSA) is 111 Å². The minimum absolute atomic E-state index is 0.130. The van der Waals surface area contributed by atoms with Gasteiger partial charge >= 0.3 is 11.9 Å². The number of rotatable bonds is 63. The van der Waals surface area contributed by atoms with Crippen LogP contribution >= 0.6 is 0 Å². The smallest absolute Gasteiger partial charge is 0.306 e. The van der Waals surface area contributed by atoms with Crippen LogP contribution < -0.4 is 5.11 Å². The lowest BCUT2D eigenvalue weighted by atomic mass is 10.0. The molecule has 0 rings (SSSR count). The van der Waals surface area contributed by atoms with Gasteiger partial charge in [0.2, 0.25) is 0 Å². The SMILES string of the molecule is CC/C=C\C/C=C\C/C=C\C/C=C\C/C=C\C/C=C\C/C=C\C/C=C\C/C=C\C/C=C\C/C=C\C/C=C\CCCCC(=O)OC(COC(=O)CCCCCCCCCCCCCCC/C=C\C/C=C\CCCCCCC)COC(OCC[N+](C)(C)C)C(=O)[O-]. The average molecular weight is 1230 g/mol. The molecule has 0 fully saturated rings. The van der Waals surface area contributed by atoms with Crippen molar-refractivity contribution in [2.45, 2.75) is 270 Å². The van der Waals surface area contributed by atoms with Crippen LogP contribution in [0.15, 0.2) is 170 Å². The molecule has 0 bridgehead atoms. The van der Waals surface area contributed by atoms with Crippen molar-refractivity contribution in [1.82, 2.24) is 0 Å². The number of ether oxygens (including phenoxy) is 4. The van der Waals surface area contributed by atoms with Gasteiger partial charge in [0.15, 0.2) is 12.4 Å². The van der Waals surface area contributed by atoms with Crippen LogP contribution in [-0.2, 0) is 33.3 Å². The molecule has 0 aliphatic heterocycles. The highest BCUT2D eigenvalue weighted by atomic mass is 16.7. The molecule has 0 radical (unpaired) electrons. The number of carbonyl (C=O) groups excluding carboxylic acids is 3. The van der Waals surface area contributed by atoms with E-state index in [0.717, 1.165) is 116 Å². The molecule has 0 spiro atoms. The van der Waals surface area contributed by atoms with E-state index in [1.165, 1.54) is 109 Å². The lowest BCUT2D eigenvalue weighted by Crippen LogP contribution is -2.44. The van der Waals surface area contributed by atoms with E-state index in [1.807, 2.05) is 21.1 Å². The second-order valence-corrected chi connectivity index (χ2v) is 24.1. The monoisotopic (exact) mass is 1230 g/mol. The van der Waals surface area contributed by atoms with E-state index in [1.54, 1.807) is 0 Å². The molecular formula is C80H129NO8. The molecule has 9 nitrogen and oxygen atoms in total. The Labute approximate surface area is 546 Å². The molecule has 9 heteroatoms. The third-order valence-corrected chi connectivity index (χ3v) is 14.4. The van der Waals surface area contributed by atoms with Crippen molar-refractivity contribution >= 4 is 17.9 Å². The standard InChI is InChI=1S/C80H129NO8/c1-6-8-10-12-14-16-18-20-22-24-26-28-30-32-33-34-35-36-37-38-39-40-41-42-43-44-45-47-49-51-53-55-57-59-61-63-65-67-69-71-78(83)89-76(75-88-80(79(84)85)86-73-72-81(3,4)5)74-87-77(82)70-68-66-64-62-60-58-56-54-52-50-48-46-31-29-27-25-23-21-19-17-15-13-11-9-7-2/h8,10,14,16,19-22,25-28,32-33,35-36,38-39,41-42,44-45,49,51,55,57,61,63,76,80H,6-7,9,11-13,15,17-18,23-24,29-31,34,37,40,43,46-48,50,52-54,56,58-60,62,64-75H2,1-5H3/b10-8-,16-14-,21-19-,22-20-,27-25-,28-26-,33-32-,36-35-,39-38-,42-41-,45-44-,51-49-,57-55-,63-61-. The summed E-state index contributed by atoms with van der Waals surface area (Å²) >= 11 is 0. The number of likely N-dealkylation sites (N-methyl/N-ethyl adjacent to an activating group) is 1. The number of unbranched alkanes of at least 4 members (excludes halogenated alkanes) is 20. The molecule has 0 saturated carbocycles. The molecule has 2 unspecified atom stereocenters. The molecule has 2 atom stereocenters. The van der Waals surface area contributed by atoms with E-state index >= 15 is 0 Å². The Bertz CT molecular complexity index is 2070. The van der Waals surface area contributed by atoms with Crippen molar-refractivity contribution in [3.63, 3.8) is 0 Å². The lowest BCUT2D eigenvalue weighted by Gasteiger charge is -2.26. The van der Waals surface area contributed by atoms with Gasteiger partial charge in [0.1, 0.15) is 13.2 Å². The summed E-state index contributed by atoms with van der Waals surface area (Å²) in [4.78, 5) is 37.5. The molecule has 0 amide bonds. The lowest BCUT2D eigenvalue weighted by molar-refractivity contribution is -0.870. The van der Waals surface area contributed by atoms with Gasteiger partial charge in [-0.3, -0.25) is 9.59 Å². The Morgan fingerprint density at radius 1 is 0.348 bits per heavy atom. The van der Waals surface area contributed by atoms with Crippen molar-refractivity contribution in [2.75, 3.05) is 47.5 Å². The molecule has 0 aromatic heterocycles. The first-order valence-electron chi connectivity index (χ1n) is 35.3. The van der Waals surface area contributed by atoms with Crippen molar-refractivity contribution in [1.29, 1.82) is 0 Å². The fourth-order valence-corrected chi connectivity index (χ4v) is 9.08. The normalized spacial score (nSPS) is 13.8. The molecule has 89 heavy (non-hydrogen) atoms. The van der Waals surface area contributed by atoms with E-state index in [-0.39, 0.29) is 38.6 Å². The van der Waals surface area contributed by atoms with E-state index in [4.69, 9.17) is 18.9 Å². The van der Waals surface area contributed by atoms with Crippen LogP contribution in [-0.4, -0.2) is 82.3 Å². The van der Waals surface area contributed by atoms with Gasteiger partial charge in [-0.25, -0.2) is 0 Å². The van der Waals surface area contributed by atoms with Crippen LogP contribution in [0.5, 0.6) is 0 Å². The van der Waals surface area contributed by atoms with Crippen LogP contribution in [0.3, 0.4) is 0 Å². The molecule has 0 N–H and O–H groups in total. The molecule has 0 aromatic rings. The third kappa shape index (κ3) is 70.0. The maximum absolute atomic E-state index is 12.9. The summed E-state index contributed by atoms with van der Waals surface area (Å²) in [6.07, 6.45) is 100. The van der Waals surface area contributed by atoms with Gasteiger partial charge in [0.25, 0.3) is 0 Å². The zero-order chi connectivity index (χ0) is 64.7. The van der Waals surface area contributed by atoms with Crippen LogP contribution in [0.2, 0.25) is 0 Å². The fraction of sp³-hybridized carbons (Fsp3) is 0.613. The predicted molar refractivity (Wildman–Crippen MR) is 379 cm³/mol. The maximum Gasteiger partial charge on any atom is 0.306 e. The van der Waals surface area contributed by atoms with Crippen molar-refractivity contribution in [2.24, 2.45) is 0 Å². The van der Waals surface area contributed by atoms with Gasteiger partial charge < -0.3 is 33.3 Å². The first-order chi connectivity index (χ1) is 43.6. The van der Waals surface area contributed by atoms with Crippen molar-refractivity contribution in [3.05, 3.63) is 170 Å². The molecule has 0 saturated heterocycles. The number of nitrogens with zero attached hydrogens (tertiary/aromatic N) is 1. The van der Waals surface area contributed by atoms with Crippen LogP contribution in [0.1, 0.15) is 258 Å². The number of hydrogen-bond donors (Lipinski definition) is 0. The van der Waals surface area contributed by atoms with Gasteiger partial charge in [0, 0.05) is 12.8 Å². The van der Waals surface area contributed by atoms with E-state index < -0.39 is 24.3 Å². The minimum atomic E-state index is -1.65. The van der Waals surface area contributed by atoms with Crippen LogP contribution in [0.25, 0.3) is 0 Å². The van der Waals surface area contributed by atoms with Gasteiger partial charge in [-0.1, -0.05) is 280 Å². The number of allylic oxidation sites excluding steroid dienone is 28. The highest BCUT2D eigenvalue weighted by Crippen LogP contribution is 2.15. The fourth-order valence-electron chi connectivity index (χ4n) is 9.08. The van der Waals surface area contributed by atoms with E-state index in [0.29, 0.717) is 17.4 Å². The number of carboxylic acid groups (broad SMARTS) is 1. The molecule has 0 aromatic carbocycles. The third-order valence-electron chi connectivity index (χ3n) is 14.4. The molecule has 0 aliphatic rings. The average Bonchev–Trinajstić information content (AvgIpc) is 3.64. The predicted octanol–water partition coefficient (Wildman–Crippen LogP) is 20.9. The van der Waals surface area contributed by atoms with Crippen LogP contribution in [0, 0.1) is 0 Å². The van der Waals surface area contributed by atoms with Gasteiger partial charge in [-0.15, -0.1) is 0 Å². The maximum atomic E-state index is 12.9. The second kappa shape index (κ2) is 68.6. The minimum Gasteiger partial charge on any atom is -0.545 e. The van der Waals surface area contributed by atoms with Crippen LogP contribution in [0.4, 0.5) is 0 Å². The number of carboxylic acids is 1. The Kier molecular flexibility index (Phi) is 64.4. The number of carbonyl (C=O) groups is 3. The Morgan fingerprint density at radius 2 is 0.640 bits per heavy atom. The summed E-state index contributed by atoms with van der Waals surface area (Å²) in [5, 5.41) is 11.8. The second-order valence-electron chi connectivity index (χ2n) is 24.1. The zero-order valence-electron chi connectivity index (χ0n) is 57.2. The van der Waals surface area contributed by atoms with Gasteiger partial charge in [-0.2, -0.15) is 0 Å². The summed E-state index contributed by atoms with van der Waals surface area (Å²) in [5.74, 6) is -2.36. The quantitative estimate of drug-likeness (QED) is 0.0195. The summed E-state index contributed by atoms with van der Waals surface area (Å²) in [6, 6.07) is 0. The van der Waals surface area contributed by atoms with E-state index in [9.17, 15) is 19.5 Å². The Morgan fingerprint density at radius 3 is 0.978 bits per heavy atom. The van der Waals surface area contributed by atoms with Gasteiger partial charge in [0.05, 0.1) is 40.3 Å². The number of esters is 2. The highest BCUT2D eigenvalue weighted by Gasteiger charge is 2.22. The Hall–Kier alpha value is -5.35. The number of aliphatic carboxylic acids is 1. The zero-order valence-corrected chi connectivity index (χ0v) is 57.2. The molecule has 0 heterocycles. The highest BCUT2D eigenvalue weighted by molar-refractivity contribution is 5.70. The first kappa shape index (κ1) is 83.7. The van der Waals surface area contributed by atoms with Gasteiger partial charge in [-0.05, 0) is 135 Å². The first-order valence-corrected chi connectivity index (χ1v) is 35.3. The summed E-state index contributed by atoms with van der Waals surface area (Å²) in [6.45, 7) is 4.56.